The highest BCUT2D eigenvalue weighted by Crippen LogP contribution is 2.13. The van der Waals surface area contributed by atoms with Gasteiger partial charge in [-0.3, -0.25) is 14.3 Å². The van der Waals surface area contributed by atoms with Gasteiger partial charge in [-0.05, 0) is 24.6 Å². The molecule has 0 bridgehead atoms. The van der Waals surface area contributed by atoms with Gasteiger partial charge in [0.05, 0.1) is 6.54 Å². The minimum atomic E-state index is -0.173. The molecule has 1 heterocycles. The maximum Gasteiger partial charge on any atom is 0.267 e. The number of hydrogen-bond donors (Lipinski definition) is 0. The second-order valence-corrected chi connectivity index (χ2v) is 5.77. The molecular weight excluding hydrogens is 314 g/mol. The van der Waals surface area contributed by atoms with Crippen LogP contribution in [-0.2, 0) is 17.9 Å². The van der Waals surface area contributed by atoms with E-state index in [4.69, 9.17) is 0 Å². The maximum absolute atomic E-state index is 12.8. The van der Waals surface area contributed by atoms with E-state index in [1.54, 1.807) is 15.8 Å². The van der Waals surface area contributed by atoms with Crippen molar-refractivity contribution in [2.45, 2.75) is 20.0 Å². The van der Waals surface area contributed by atoms with Crippen molar-refractivity contribution in [1.29, 1.82) is 0 Å². The third kappa shape index (κ3) is 3.88. The predicted molar refractivity (Wildman–Crippen MR) is 98.7 cm³/mol. The quantitative estimate of drug-likeness (QED) is 0.695. The third-order valence-electron chi connectivity index (χ3n) is 4.11. The van der Waals surface area contributed by atoms with Crippen LogP contribution >= 0.6 is 0 Å². The van der Waals surface area contributed by atoms with Crippen LogP contribution in [0.3, 0.4) is 0 Å². The number of aromatic nitrogens is 2. The van der Waals surface area contributed by atoms with Crippen LogP contribution in [0.5, 0.6) is 0 Å². The van der Waals surface area contributed by atoms with E-state index < -0.39 is 0 Å². The van der Waals surface area contributed by atoms with E-state index in [-0.39, 0.29) is 18.0 Å². The molecule has 1 aromatic heterocycles. The topological polar surface area (TPSA) is 47.2 Å². The molecule has 128 valence electrons. The van der Waals surface area contributed by atoms with Crippen molar-refractivity contribution in [2.24, 2.45) is 0 Å². The van der Waals surface area contributed by atoms with Crippen molar-refractivity contribution in [1.82, 2.24) is 9.36 Å². The number of carbonyl (C=O) groups excluding carboxylic acids is 1. The molecule has 0 spiro atoms. The SMILES string of the molecule is CCN(C(=O)Cn1c(=O)ccn1Cc1ccccc1)c1ccccc1. The molecule has 0 aliphatic heterocycles. The van der Waals surface area contributed by atoms with Crippen LogP contribution < -0.4 is 10.5 Å². The van der Waals surface area contributed by atoms with Gasteiger partial charge in [-0.15, -0.1) is 0 Å². The van der Waals surface area contributed by atoms with Crippen molar-refractivity contribution in [3.8, 4) is 0 Å². The van der Waals surface area contributed by atoms with Crippen molar-refractivity contribution in [3.05, 3.63) is 88.8 Å². The standard InChI is InChI=1S/C20H21N3O2/c1-2-22(18-11-7-4-8-12-18)20(25)16-23-19(24)13-14-21(23)15-17-9-5-3-6-10-17/h3-14H,2,15-16H2,1H3. The Kier molecular flexibility index (Phi) is 5.14. The molecule has 5 heteroatoms. The first kappa shape index (κ1) is 16.8. The molecule has 5 nitrogen and oxygen atoms in total. The summed E-state index contributed by atoms with van der Waals surface area (Å²) >= 11 is 0. The zero-order valence-corrected chi connectivity index (χ0v) is 14.2. The molecule has 0 aliphatic rings. The van der Waals surface area contributed by atoms with Crippen LogP contribution in [0.4, 0.5) is 5.69 Å². The second kappa shape index (κ2) is 7.66. The number of likely N-dealkylation sites (N-methyl/N-ethyl adjacent to an activating group) is 1. The maximum atomic E-state index is 12.8. The van der Waals surface area contributed by atoms with Crippen LogP contribution in [0.25, 0.3) is 0 Å². The number of para-hydroxylation sites is 1. The highest BCUT2D eigenvalue weighted by atomic mass is 16.2. The second-order valence-electron chi connectivity index (χ2n) is 5.77. The molecule has 0 saturated heterocycles. The molecule has 0 atom stereocenters. The Morgan fingerprint density at radius 1 is 0.960 bits per heavy atom. The normalized spacial score (nSPS) is 10.6. The Balaban J connectivity index is 1.81. The lowest BCUT2D eigenvalue weighted by atomic mass is 10.2. The highest BCUT2D eigenvalue weighted by molar-refractivity contribution is 5.93. The van der Waals surface area contributed by atoms with E-state index in [1.165, 1.54) is 10.7 Å². The van der Waals surface area contributed by atoms with Crippen molar-refractivity contribution < 1.29 is 4.79 Å². The fraction of sp³-hybridized carbons (Fsp3) is 0.200. The number of nitrogens with zero attached hydrogens (tertiary/aromatic N) is 3. The third-order valence-corrected chi connectivity index (χ3v) is 4.11. The van der Waals surface area contributed by atoms with Gasteiger partial charge in [-0.1, -0.05) is 48.5 Å². The molecule has 1 amide bonds. The molecule has 3 rings (SSSR count). The summed E-state index contributed by atoms with van der Waals surface area (Å²) in [6.45, 7) is 3.04. The Labute approximate surface area is 146 Å². The van der Waals surface area contributed by atoms with Crippen molar-refractivity contribution in [2.75, 3.05) is 11.4 Å². The number of amides is 1. The average molecular weight is 335 g/mol. The number of carbonyl (C=O) groups is 1. The minimum absolute atomic E-state index is 0.0153. The van der Waals surface area contributed by atoms with Crippen LogP contribution in [0.1, 0.15) is 12.5 Å². The Bertz CT molecular complexity index is 882. The number of anilines is 1. The fourth-order valence-electron chi connectivity index (χ4n) is 2.84. The van der Waals surface area contributed by atoms with Gasteiger partial charge in [-0.2, -0.15) is 0 Å². The zero-order valence-electron chi connectivity index (χ0n) is 14.2. The van der Waals surface area contributed by atoms with Crippen LogP contribution in [0.15, 0.2) is 77.7 Å². The zero-order chi connectivity index (χ0) is 17.6. The first-order chi connectivity index (χ1) is 12.2. The molecule has 0 fully saturated rings. The monoisotopic (exact) mass is 335 g/mol. The summed E-state index contributed by atoms with van der Waals surface area (Å²) in [5.41, 5.74) is 1.74. The van der Waals surface area contributed by atoms with E-state index in [0.29, 0.717) is 13.1 Å². The van der Waals surface area contributed by atoms with Crippen molar-refractivity contribution in [3.63, 3.8) is 0 Å². The Morgan fingerprint density at radius 3 is 2.24 bits per heavy atom. The van der Waals surface area contributed by atoms with Gasteiger partial charge in [0.25, 0.3) is 5.56 Å². The fourth-order valence-corrected chi connectivity index (χ4v) is 2.84. The summed E-state index contributed by atoms with van der Waals surface area (Å²) in [7, 11) is 0. The summed E-state index contributed by atoms with van der Waals surface area (Å²) in [4.78, 5) is 26.6. The molecule has 0 N–H and O–H groups in total. The molecule has 0 aliphatic carbocycles. The molecule has 3 aromatic rings. The predicted octanol–water partition coefficient (Wildman–Crippen LogP) is 2.75. The Morgan fingerprint density at radius 2 is 1.60 bits per heavy atom. The molecule has 0 radical (unpaired) electrons. The van der Waals surface area contributed by atoms with Gasteiger partial charge in [0, 0.05) is 24.5 Å². The molecular formula is C20H21N3O2. The van der Waals surface area contributed by atoms with Gasteiger partial charge in [0.1, 0.15) is 6.54 Å². The number of benzene rings is 2. The van der Waals surface area contributed by atoms with E-state index in [0.717, 1.165) is 11.3 Å². The van der Waals surface area contributed by atoms with Gasteiger partial charge >= 0.3 is 0 Å². The molecule has 0 saturated carbocycles. The van der Waals surface area contributed by atoms with Gasteiger partial charge < -0.3 is 4.90 Å². The largest absolute Gasteiger partial charge is 0.311 e. The average Bonchev–Trinajstić information content (AvgIpc) is 2.97. The van der Waals surface area contributed by atoms with E-state index in [1.807, 2.05) is 67.6 Å². The lowest BCUT2D eigenvalue weighted by molar-refractivity contribution is -0.119. The lowest BCUT2D eigenvalue weighted by Gasteiger charge is -2.22. The molecule has 0 unspecified atom stereocenters. The summed E-state index contributed by atoms with van der Waals surface area (Å²) in [5.74, 6) is -0.108. The van der Waals surface area contributed by atoms with Gasteiger partial charge in [0.2, 0.25) is 5.91 Å². The van der Waals surface area contributed by atoms with E-state index >= 15 is 0 Å². The summed E-state index contributed by atoms with van der Waals surface area (Å²) in [5, 5.41) is 0. The smallest absolute Gasteiger partial charge is 0.267 e. The lowest BCUT2D eigenvalue weighted by Crippen LogP contribution is -2.37. The summed E-state index contributed by atoms with van der Waals surface area (Å²) in [6, 6.07) is 20.9. The van der Waals surface area contributed by atoms with E-state index in [9.17, 15) is 9.59 Å². The number of rotatable bonds is 6. The van der Waals surface area contributed by atoms with Crippen LogP contribution in [-0.4, -0.2) is 21.8 Å². The van der Waals surface area contributed by atoms with Crippen LogP contribution in [0.2, 0.25) is 0 Å². The summed E-state index contributed by atoms with van der Waals surface area (Å²) < 4.78 is 3.27. The summed E-state index contributed by atoms with van der Waals surface area (Å²) in [6.07, 6.45) is 1.72. The minimum Gasteiger partial charge on any atom is -0.311 e. The Hall–Kier alpha value is -3.08. The van der Waals surface area contributed by atoms with E-state index in [2.05, 4.69) is 0 Å². The highest BCUT2D eigenvalue weighted by Gasteiger charge is 2.16. The van der Waals surface area contributed by atoms with Gasteiger partial charge in [0.15, 0.2) is 0 Å². The van der Waals surface area contributed by atoms with Crippen LogP contribution in [0, 0.1) is 0 Å². The number of hydrogen-bond acceptors (Lipinski definition) is 2. The molecule has 2 aromatic carbocycles. The van der Waals surface area contributed by atoms with Gasteiger partial charge in [-0.25, -0.2) is 4.68 Å². The molecule has 25 heavy (non-hydrogen) atoms. The first-order valence-corrected chi connectivity index (χ1v) is 8.34. The first-order valence-electron chi connectivity index (χ1n) is 8.34. The van der Waals surface area contributed by atoms with Crippen molar-refractivity contribution >= 4 is 11.6 Å².